The molecular formula is C11H22N2. The molecule has 1 aliphatic heterocycles. The topological polar surface area (TPSA) is 15.3 Å². The van der Waals surface area contributed by atoms with Gasteiger partial charge in [0.2, 0.25) is 0 Å². The molecule has 1 heterocycles. The zero-order valence-electron chi connectivity index (χ0n) is 9.09. The monoisotopic (exact) mass is 182 g/mol. The van der Waals surface area contributed by atoms with Gasteiger partial charge in [0.15, 0.2) is 0 Å². The van der Waals surface area contributed by atoms with Crippen molar-refractivity contribution in [1.29, 1.82) is 0 Å². The zero-order chi connectivity index (χ0) is 9.42. The summed E-state index contributed by atoms with van der Waals surface area (Å²) in [4.78, 5) is 2.74. The van der Waals surface area contributed by atoms with E-state index in [1.807, 2.05) is 0 Å². The lowest BCUT2D eigenvalue weighted by Crippen LogP contribution is -2.56. The van der Waals surface area contributed by atoms with Gasteiger partial charge in [-0.25, -0.2) is 0 Å². The van der Waals surface area contributed by atoms with E-state index in [1.165, 1.54) is 25.9 Å². The van der Waals surface area contributed by atoms with Gasteiger partial charge in [-0.1, -0.05) is 13.8 Å². The quantitative estimate of drug-likeness (QED) is 0.695. The van der Waals surface area contributed by atoms with E-state index in [0.29, 0.717) is 6.04 Å². The molecule has 0 aromatic heterocycles. The first-order chi connectivity index (χ1) is 6.22. The van der Waals surface area contributed by atoms with Gasteiger partial charge >= 0.3 is 0 Å². The van der Waals surface area contributed by atoms with E-state index < -0.39 is 0 Å². The van der Waals surface area contributed by atoms with Crippen LogP contribution in [0.25, 0.3) is 0 Å². The van der Waals surface area contributed by atoms with Crippen molar-refractivity contribution in [3.8, 4) is 0 Å². The maximum absolute atomic E-state index is 3.57. The highest BCUT2D eigenvalue weighted by molar-refractivity contribution is 4.98. The summed E-state index contributed by atoms with van der Waals surface area (Å²) < 4.78 is 0. The molecule has 0 aromatic carbocycles. The van der Waals surface area contributed by atoms with Gasteiger partial charge in [-0.3, -0.25) is 4.90 Å². The van der Waals surface area contributed by atoms with E-state index in [0.717, 1.165) is 18.0 Å². The van der Waals surface area contributed by atoms with E-state index >= 15 is 0 Å². The van der Waals surface area contributed by atoms with Gasteiger partial charge in [0.25, 0.3) is 0 Å². The van der Waals surface area contributed by atoms with E-state index in [-0.39, 0.29) is 0 Å². The first-order valence-electron chi connectivity index (χ1n) is 5.71. The third kappa shape index (κ3) is 1.89. The van der Waals surface area contributed by atoms with E-state index in [1.54, 1.807) is 0 Å². The first kappa shape index (κ1) is 9.47. The van der Waals surface area contributed by atoms with Crippen molar-refractivity contribution < 1.29 is 0 Å². The minimum Gasteiger partial charge on any atom is -0.311 e. The van der Waals surface area contributed by atoms with Crippen LogP contribution in [0.3, 0.4) is 0 Å². The molecule has 2 fully saturated rings. The summed E-state index contributed by atoms with van der Waals surface area (Å²) in [5.74, 6) is 0.958. The standard InChI is InChI=1S/C11H22N2/c1-4-10-6-12-9(3)7-13(10)11-5-8(11)2/h8-12H,4-7H2,1-3H3. The van der Waals surface area contributed by atoms with E-state index in [4.69, 9.17) is 0 Å². The number of rotatable bonds is 2. The predicted octanol–water partition coefficient (Wildman–Crippen LogP) is 1.47. The summed E-state index contributed by atoms with van der Waals surface area (Å²) in [6, 6.07) is 2.40. The average molecular weight is 182 g/mol. The summed E-state index contributed by atoms with van der Waals surface area (Å²) in [7, 11) is 0. The van der Waals surface area contributed by atoms with Crippen LogP contribution >= 0.6 is 0 Å². The predicted molar refractivity (Wildman–Crippen MR) is 55.8 cm³/mol. The van der Waals surface area contributed by atoms with Crippen LogP contribution in [0.15, 0.2) is 0 Å². The lowest BCUT2D eigenvalue weighted by atomic mass is 10.1. The molecule has 0 aromatic rings. The van der Waals surface area contributed by atoms with Gasteiger partial charge in [-0.05, 0) is 25.7 Å². The minimum atomic E-state index is 0.690. The van der Waals surface area contributed by atoms with E-state index in [9.17, 15) is 0 Å². The second-order valence-corrected chi connectivity index (χ2v) is 4.85. The molecule has 0 spiro atoms. The van der Waals surface area contributed by atoms with Crippen LogP contribution in [0.2, 0.25) is 0 Å². The minimum absolute atomic E-state index is 0.690. The molecule has 2 rings (SSSR count). The van der Waals surface area contributed by atoms with Crippen molar-refractivity contribution in [2.45, 2.75) is 51.7 Å². The Morgan fingerprint density at radius 1 is 1.38 bits per heavy atom. The third-order valence-electron chi connectivity index (χ3n) is 3.62. The molecule has 2 heteroatoms. The molecule has 76 valence electrons. The highest BCUT2D eigenvalue weighted by Gasteiger charge is 2.42. The molecule has 0 bridgehead atoms. The van der Waals surface area contributed by atoms with Crippen LogP contribution in [0.1, 0.15) is 33.6 Å². The molecule has 0 amide bonds. The Labute approximate surface area is 81.7 Å². The molecular weight excluding hydrogens is 160 g/mol. The summed E-state index contributed by atoms with van der Waals surface area (Å²) in [6.07, 6.45) is 2.73. The van der Waals surface area contributed by atoms with Gasteiger partial charge in [0.05, 0.1) is 0 Å². The number of nitrogens with one attached hydrogen (secondary N) is 1. The summed E-state index contributed by atoms with van der Waals surface area (Å²) in [6.45, 7) is 9.44. The number of piperazine rings is 1. The Bertz CT molecular complexity index is 181. The molecule has 2 nitrogen and oxygen atoms in total. The fraction of sp³-hybridized carbons (Fsp3) is 1.00. The molecule has 4 unspecified atom stereocenters. The Morgan fingerprint density at radius 2 is 2.08 bits per heavy atom. The van der Waals surface area contributed by atoms with Crippen LogP contribution in [-0.2, 0) is 0 Å². The maximum atomic E-state index is 3.57. The van der Waals surface area contributed by atoms with Crippen LogP contribution in [-0.4, -0.2) is 36.1 Å². The third-order valence-corrected chi connectivity index (χ3v) is 3.62. The lowest BCUT2D eigenvalue weighted by molar-refractivity contribution is 0.118. The molecule has 1 saturated carbocycles. The molecule has 13 heavy (non-hydrogen) atoms. The highest BCUT2D eigenvalue weighted by Crippen LogP contribution is 2.37. The van der Waals surface area contributed by atoms with Crippen molar-refractivity contribution in [2.24, 2.45) is 5.92 Å². The van der Waals surface area contributed by atoms with Gasteiger partial charge in [-0.2, -0.15) is 0 Å². The van der Waals surface area contributed by atoms with Crippen LogP contribution in [0.5, 0.6) is 0 Å². The summed E-state index contributed by atoms with van der Waals surface area (Å²) in [5.41, 5.74) is 0. The van der Waals surface area contributed by atoms with Crippen molar-refractivity contribution in [2.75, 3.05) is 13.1 Å². The molecule has 4 atom stereocenters. The van der Waals surface area contributed by atoms with Crippen LogP contribution in [0, 0.1) is 5.92 Å². The van der Waals surface area contributed by atoms with Crippen molar-refractivity contribution in [3.05, 3.63) is 0 Å². The van der Waals surface area contributed by atoms with Gasteiger partial charge in [0, 0.05) is 31.2 Å². The number of nitrogens with zero attached hydrogens (tertiary/aromatic N) is 1. The lowest BCUT2D eigenvalue weighted by Gasteiger charge is -2.39. The molecule has 0 radical (unpaired) electrons. The Morgan fingerprint density at radius 3 is 2.62 bits per heavy atom. The summed E-state index contributed by atoms with van der Waals surface area (Å²) >= 11 is 0. The molecule has 2 aliphatic rings. The van der Waals surface area contributed by atoms with Crippen LogP contribution < -0.4 is 5.32 Å². The normalized spacial score (nSPS) is 46.4. The zero-order valence-corrected chi connectivity index (χ0v) is 9.09. The molecule has 1 aliphatic carbocycles. The highest BCUT2D eigenvalue weighted by atomic mass is 15.3. The molecule has 1 saturated heterocycles. The second kappa shape index (κ2) is 3.58. The first-order valence-corrected chi connectivity index (χ1v) is 5.71. The van der Waals surface area contributed by atoms with Crippen molar-refractivity contribution in [3.63, 3.8) is 0 Å². The fourth-order valence-electron chi connectivity index (χ4n) is 2.53. The second-order valence-electron chi connectivity index (χ2n) is 4.85. The number of hydrogen-bond donors (Lipinski definition) is 1. The maximum Gasteiger partial charge on any atom is 0.0221 e. The van der Waals surface area contributed by atoms with Gasteiger partial charge in [0.1, 0.15) is 0 Å². The smallest absolute Gasteiger partial charge is 0.0221 e. The largest absolute Gasteiger partial charge is 0.311 e. The van der Waals surface area contributed by atoms with E-state index in [2.05, 4.69) is 31.0 Å². The fourth-order valence-corrected chi connectivity index (χ4v) is 2.53. The van der Waals surface area contributed by atoms with Crippen molar-refractivity contribution in [1.82, 2.24) is 10.2 Å². The van der Waals surface area contributed by atoms with Crippen molar-refractivity contribution >= 4 is 0 Å². The Hall–Kier alpha value is -0.0800. The molecule has 1 N–H and O–H groups in total. The van der Waals surface area contributed by atoms with Crippen LogP contribution in [0.4, 0.5) is 0 Å². The average Bonchev–Trinajstić information content (AvgIpc) is 2.82. The Kier molecular flexibility index (Phi) is 2.61. The Balaban J connectivity index is 1.95. The number of hydrogen-bond acceptors (Lipinski definition) is 2. The van der Waals surface area contributed by atoms with Gasteiger partial charge < -0.3 is 5.32 Å². The SMILES string of the molecule is CCC1CNC(C)CN1C1CC1C. The van der Waals surface area contributed by atoms with Gasteiger partial charge in [-0.15, -0.1) is 0 Å². The summed E-state index contributed by atoms with van der Waals surface area (Å²) in [5, 5.41) is 3.57.